The Morgan fingerprint density at radius 1 is 1.17 bits per heavy atom. The van der Waals surface area contributed by atoms with E-state index in [1.165, 1.54) is 12.1 Å². The fraction of sp³-hybridized carbons (Fsp3) is 0.125. The molecule has 0 aromatic heterocycles. The third-order valence-electron chi connectivity index (χ3n) is 3.04. The van der Waals surface area contributed by atoms with Crippen LogP contribution in [0.1, 0.15) is 5.56 Å². The van der Waals surface area contributed by atoms with Gasteiger partial charge in [0.05, 0.1) is 19.2 Å². The van der Waals surface area contributed by atoms with Crippen molar-refractivity contribution in [1.29, 1.82) is 0 Å². The topological polar surface area (TPSA) is 113 Å². The van der Waals surface area contributed by atoms with Crippen LogP contribution in [-0.2, 0) is 25.5 Å². The fourth-order valence-corrected chi connectivity index (χ4v) is 1.97. The Bertz CT molecular complexity index is 755. The lowest BCUT2D eigenvalue weighted by Crippen LogP contribution is -2.25. The van der Waals surface area contributed by atoms with E-state index >= 15 is 0 Å². The van der Waals surface area contributed by atoms with Crippen molar-refractivity contribution >= 4 is 29.1 Å². The van der Waals surface area contributed by atoms with E-state index in [-0.39, 0.29) is 17.7 Å². The molecule has 2 rings (SSSR count). The number of aliphatic imine (C=N–C) groups is 1. The molecule has 0 saturated heterocycles. The third kappa shape index (κ3) is 3.70. The number of ketones is 1. The number of benzene rings is 1. The molecule has 23 heavy (non-hydrogen) atoms. The zero-order valence-corrected chi connectivity index (χ0v) is 12.1. The number of nitrogens with zero attached hydrogens (tertiary/aromatic N) is 1. The summed E-state index contributed by atoms with van der Waals surface area (Å²) in [5.74, 6) is -2.78. The number of aliphatic hydroxyl groups excluding tert-OH is 1. The number of carbonyl (C=O) groups is 3. The molecule has 7 nitrogen and oxygen atoms in total. The number of carboxylic acids is 1. The van der Waals surface area contributed by atoms with E-state index in [2.05, 4.69) is 9.73 Å². The largest absolute Gasteiger partial charge is 0.507 e. The van der Waals surface area contributed by atoms with Crippen LogP contribution in [0.2, 0.25) is 0 Å². The minimum absolute atomic E-state index is 0.132. The van der Waals surface area contributed by atoms with Crippen LogP contribution >= 0.6 is 0 Å². The van der Waals surface area contributed by atoms with Gasteiger partial charge in [-0.15, -0.1) is 0 Å². The van der Waals surface area contributed by atoms with Gasteiger partial charge in [-0.25, -0.2) is 9.79 Å². The second kappa shape index (κ2) is 6.69. The third-order valence-corrected chi connectivity index (χ3v) is 3.04. The van der Waals surface area contributed by atoms with Crippen molar-refractivity contribution in [2.24, 2.45) is 4.99 Å². The molecule has 0 unspecified atom stereocenters. The van der Waals surface area contributed by atoms with E-state index < -0.39 is 23.5 Å². The fourth-order valence-electron chi connectivity index (χ4n) is 1.97. The van der Waals surface area contributed by atoms with E-state index in [1.54, 1.807) is 12.1 Å². The van der Waals surface area contributed by atoms with Gasteiger partial charge in [0.15, 0.2) is 0 Å². The molecule has 7 heteroatoms. The summed E-state index contributed by atoms with van der Waals surface area (Å²) >= 11 is 0. The Morgan fingerprint density at radius 3 is 2.39 bits per heavy atom. The molecule has 118 valence electrons. The van der Waals surface area contributed by atoms with Gasteiger partial charge in [-0.05, 0) is 29.8 Å². The molecule has 2 N–H and O–H groups in total. The van der Waals surface area contributed by atoms with Gasteiger partial charge in [0, 0.05) is 0 Å². The number of aliphatic carboxylic acids is 1. The summed E-state index contributed by atoms with van der Waals surface area (Å²) < 4.78 is 4.55. The Hall–Kier alpha value is -3.22. The lowest BCUT2D eigenvalue weighted by molar-refractivity contribution is -0.137. The molecule has 1 aliphatic rings. The highest BCUT2D eigenvalue weighted by atomic mass is 16.5. The van der Waals surface area contributed by atoms with E-state index in [9.17, 15) is 19.5 Å². The SMILES string of the molecule is COC(=O)C1=C(O)C=CC(=O)C1=Nc1ccc(CC(=O)O)cc1. The van der Waals surface area contributed by atoms with Crippen LogP contribution in [0, 0.1) is 0 Å². The normalized spacial score (nSPS) is 15.9. The number of rotatable bonds is 4. The first kappa shape index (κ1) is 16.2. The highest BCUT2D eigenvalue weighted by molar-refractivity contribution is 6.55. The molecule has 0 radical (unpaired) electrons. The Morgan fingerprint density at radius 2 is 1.83 bits per heavy atom. The number of hydrogen-bond acceptors (Lipinski definition) is 6. The van der Waals surface area contributed by atoms with Gasteiger partial charge >= 0.3 is 11.9 Å². The molecule has 0 aliphatic heterocycles. The molecule has 0 bridgehead atoms. The molecule has 1 aliphatic carbocycles. The number of methoxy groups -OCH3 is 1. The molecule has 0 heterocycles. The predicted octanol–water partition coefficient (Wildman–Crippen LogP) is 1.51. The predicted molar refractivity (Wildman–Crippen MR) is 80.7 cm³/mol. The monoisotopic (exact) mass is 315 g/mol. The highest BCUT2D eigenvalue weighted by Gasteiger charge is 2.28. The van der Waals surface area contributed by atoms with Crippen molar-refractivity contribution < 1.29 is 29.3 Å². The minimum atomic E-state index is -0.961. The van der Waals surface area contributed by atoms with Crippen molar-refractivity contribution in [2.45, 2.75) is 6.42 Å². The molecular formula is C16H13NO6. The average Bonchev–Trinajstić information content (AvgIpc) is 2.51. The summed E-state index contributed by atoms with van der Waals surface area (Å²) in [5, 5.41) is 18.5. The Labute approximate surface area is 131 Å². The molecule has 0 fully saturated rings. The summed E-state index contributed by atoms with van der Waals surface area (Å²) in [6.07, 6.45) is 2.07. The zero-order valence-electron chi connectivity index (χ0n) is 12.1. The highest BCUT2D eigenvalue weighted by Crippen LogP contribution is 2.20. The maximum atomic E-state index is 11.9. The van der Waals surface area contributed by atoms with Crippen LogP contribution < -0.4 is 0 Å². The molecule has 0 amide bonds. The standard InChI is InChI=1S/C16H13NO6/c1-23-16(22)14-11(18)6-7-12(19)15(14)17-10-4-2-9(3-5-10)8-13(20)21/h2-7,18H,8H2,1H3,(H,20,21). The van der Waals surface area contributed by atoms with E-state index in [4.69, 9.17) is 5.11 Å². The molecule has 0 saturated carbocycles. The van der Waals surface area contributed by atoms with E-state index in [1.807, 2.05) is 0 Å². The number of ether oxygens (including phenoxy) is 1. The van der Waals surface area contributed by atoms with Gasteiger partial charge in [-0.1, -0.05) is 12.1 Å². The van der Waals surface area contributed by atoms with Gasteiger partial charge < -0.3 is 14.9 Å². The molecule has 0 atom stereocenters. The Kier molecular flexibility index (Phi) is 4.70. The minimum Gasteiger partial charge on any atom is -0.507 e. The first-order valence-corrected chi connectivity index (χ1v) is 6.56. The van der Waals surface area contributed by atoms with Gasteiger partial charge in [-0.3, -0.25) is 9.59 Å². The maximum absolute atomic E-state index is 11.9. The second-order valence-electron chi connectivity index (χ2n) is 4.65. The number of aliphatic hydroxyl groups is 1. The van der Waals surface area contributed by atoms with Crippen LogP contribution in [0.5, 0.6) is 0 Å². The zero-order chi connectivity index (χ0) is 17.0. The first-order valence-electron chi connectivity index (χ1n) is 6.56. The number of hydrogen-bond donors (Lipinski definition) is 2. The molecule has 1 aromatic carbocycles. The van der Waals surface area contributed by atoms with Crippen molar-refractivity contribution in [3.05, 3.63) is 53.3 Å². The van der Waals surface area contributed by atoms with Crippen molar-refractivity contribution in [2.75, 3.05) is 7.11 Å². The van der Waals surface area contributed by atoms with Crippen LogP contribution in [0.15, 0.2) is 52.7 Å². The maximum Gasteiger partial charge on any atom is 0.344 e. The quantitative estimate of drug-likeness (QED) is 0.643. The van der Waals surface area contributed by atoms with Crippen LogP contribution in [0.25, 0.3) is 0 Å². The van der Waals surface area contributed by atoms with Crippen LogP contribution in [0.4, 0.5) is 5.69 Å². The summed E-state index contributed by atoms with van der Waals surface area (Å²) in [4.78, 5) is 38.4. The number of carbonyl (C=O) groups excluding carboxylic acids is 2. The molecular weight excluding hydrogens is 302 g/mol. The van der Waals surface area contributed by atoms with Gasteiger partial charge in [0.1, 0.15) is 17.0 Å². The van der Waals surface area contributed by atoms with Crippen LogP contribution in [0.3, 0.4) is 0 Å². The average molecular weight is 315 g/mol. The van der Waals surface area contributed by atoms with E-state index in [0.717, 1.165) is 19.3 Å². The Balaban J connectivity index is 2.39. The lowest BCUT2D eigenvalue weighted by Gasteiger charge is -2.12. The van der Waals surface area contributed by atoms with Crippen molar-refractivity contribution in [3.8, 4) is 0 Å². The first-order chi connectivity index (χ1) is 10.9. The smallest absolute Gasteiger partial charge is 0.344 e. The van der Waals surface area contributed by atoms with Crippen LogP contribution in [-0.4, -0.2) is 40.8 Å². The van der Waals surface area contributed by atoms with Gasteiger partial charge in [0.25, 0.3) is 0 Å². The lowest BCUT2D eigenvalue weighted by atomic mass is 9.99. The van der Waals surface area contributed by atoms with Gasteiger partial charge in [0.2, 0.25) is 5.78 Å². The summed E-state index contributed by atoms with van der Waals surface area (Å²) in [5.41, 5.74) is 0.368. The number of esters is 1. The summed E-state index contributed by atoms with van der Waals surface area (Å²) in [6, 6.07) is 6.14. The molecule has 1 aromatic rings. The second-order valence-corrected chi connectivity index (χ2v) is 4.65. The number of carboxylic acid groups (broad SMARTS) is 1. The van der Waals surface area contributed by atoms with E-state index in [0.29, 0.717) is 11.3 Å². The molecule has 0 spiro atoms. The summed E-state index contributed by atoms with van der Waals surface area (Å²) in [7, 11) is 1.13. The van der Waals surface area contributed by atoms with Gasteiger partial charge in [-0.2, -0.15) is 0 Å². The summed E-state index contributed by atoms with van der Waals surface area (Å²) in [6.45, 7) is 0. The van der Waals surface area contributed by atoms with Crippen molar-refractivity contribution in [1.82, 2.24) is 0 Å². The number of allylic oxidation sites excluding steroid dienone is 2. The van der Waals surface area contributed by atoms with Crippen molar-refractivity contribution in [3.63, 3.8) is 0 Å².